The molecule has 2 aromatic rings. The first kappa shape index (κ1) is 28.0. The maximum absolute atomic E-state index is 12.8. The van der Waals surface area contributed by atoms with Crippen molar-refractivity contribution in [1.29, 1.82) is 0 Å². The number of aliphatic hydroxyl groups excluding tert-OH is 1. The molecule has 6 heteroatoms. The lowest BCUT2D eigenvalue weighted by molar-refractivity contribution is -0.123. The number of hydrogen-bond donors (Lipinski definition) is 2. The first-order valence-electron chi connectivity index (χ1n) is 13.3. The lowest BCUT2D eigenvalue weighted by atomic mass is 9.98. The van der Waals surface area contributed by atoms with Crippen molar-refractivity contribution < 1.29 is 20.8 Å². The SMILES string of the molecule is C.CCCCCCCC(=O)N[C@H](CN1CC[C@H](c2ccccc2)C1)[C@H](O)c1ccc2c(c1)OCCO2.[HH]. The number of ether oxygens (including phenoxy) is 2. The number of unbranched alkanes of at least 4 members (excludes halogenated alkanes) is 4. The maximum atomic E-state index is 12.8. The highest BCUT2D eigenvalue weighted by Gasteiger charge is 2.30. The predicted molar refractivity (Wildman–Crippen MR) is 147 cm³/mol. The van der Waals surface area contributed by atoms with Gasteiger partial charge in [-0.3, -0.25) is 4.79 Å². The molecule has 2 aliphatic rings. The fourth-order valence-corrected chi connectivity index (χ4v) is 5.14. The van der Waals surface area contributed by atoms with Crippen LogP contribution in [0.15, 0.2) is 48.5 Å². The molecule has 2 aromatic carbocycles. The standard InChI is InChI=1S/C29H40N2O4.CH4.H2/c1-2-3-4-5-9-12-28(32)30-25(21-31-16-15-24(20-31)22-10-7-6-8-11-22)29(33)23-13-14-26-27(19-23)35-18-17-34-26;;/h6-8,10-11,13-14,19,24-25,29,33H,2-5,9,12,15-18,20-21H2,1H3,(H,30,32);1H4;1H/t24-,25+,29+;;/m0../s1. The van der Waals surface area contributed by atoms with Crippen molar-refractivity contribution in [2.75, 3.05) is 32.8 Å². The lowest BCUT2D eigenvalue weighted by Gasteiger charge is -2.29. The molecule has 1 fully saturated rings. The molecule has 0 spiro atoms. The summed E-state index contributed by atoms with van der Waals surface area (Å²) >= 11 is 0. The number of nitrogens with zero attached hydrogens (tertiary/aromatic N) is 1. The minimum atomic E-state index is -0.828. The predicted octanol–water partition coefficient (Wildman–Crippen LogP) is 5.71. The van der Waals surface area contributed by atoms with E-state index in [9.17, 15) is 9.90 Å². The molecule has 1 saturated heterocycles. The van der Waals surface area contributed by atoms with E-state index in [-0.39, 0.29) is 14.8 Å². The number of hydrogen-bond acceptors (Lipinski definition) is 5. The molecule has 0 aromatic heterocycles. The van der Waals surface area contributed by atoms with E-state index in [1.54, 1.807) is 0 Å². The molecule has 200 valence electrons. The third-order valence-corrected chi connectivity index (χ3v) is 7.14. The van der Waals surface area contributed by atoms with Gasteiger partial charge in [0.1, 0.15) is 19.3 Å². The van der Waals surface area contributed by atoms with Crippen LogP contribution in [0.25, 0.3) is 0 Å². The van der Waals surface area contributed by atoms with Crippen LogP contribution in [0.2, 0.25) is 0 Å². The molecule has 1 amide bonds. The van der Waals surface area contributed by atoms with E-state index in [1.807, 2.05) is 24.3 Å². The summed E-state index contributed by atoms with van der Waals surface area (Å²) in [6, 6.07) is 15.8. The summed E-state index contributed by atoms with van der Waals surface area (Å²) in [6.45, 7) is 5.72. The van der Waals surface area contributed by atoms with Crippen LogP contribution in [-0.4, -0.2) is 54.8 Å². The van der Waals surface area contributed by atoms with Gasteiger partial charge in [0, 0.05) is 20.9 Å². The van der Waals surface area contributed by atoms with E-state index in [4.69, 9.17) is 9.47 Å². The van der Waals surface area contributed by atoms with Gasteiger partial charge in [0.15, 0.2) is 11.5 Å². The van der Waals surface area contributed by atoms with Gasteiger partial charge in [-0.1, -0.05) is 76.4 Å². The Morgan fingerprint density at radius 2 is 1.83 bits per heavy atom. The number of amides is 1. The minimum absolute atomic E-state index is 0. The lowest BCUT2D eigenvalue weighted by Crippen LogP contribution is -2.46. The number of fused-ring (bicyclic) bond motifs is 1. The van der Waals surface area contributed by atoms with Crippen LogP contribution >= 0.6 is 0 Å². The molecule has 0 bridgehead atoms. The summed E-state index contributed by atoms with van der Waals surface area (Å²) in [5.74, 6) is 1.85. The Morgan fingerprint density at radius 3 is 2.61 bits per heavy atom. The van der Waals surface area contributed by atoms with E-state index >= 15 is 0 Å². The van der Waals surface area contributed by atoms with Crippen LogP contribution in [0.1, 0.15) is 83.9 Å². The van der Waals surface area contributed by atoms with Gasteiger partial charge in [-0.05, 0) is 48.6 Å². The highest BCUT2D eigenvalue weighted by Crippen LogP contribution is 2.34. The zero-order chi connectivity index (χ0) is 24.5. The van der Waals surface area contributed by atoms with Crippen molar-refractivity contribution in [2.45, 2.75) is 77.4 Å². The highest BCUT2D eigenvalue weighted by molar-refractivity contribution is 5.76. The number of likely N-dealkylation sites (tertiary alicyclic amines) is 1. The molecule has 0 saturated carbocycles. The molecule has 2 heterocycles. The average Bonchev–Trinajstić information content (AvgIpc) is 3.36. The number of nitrogens with one attached hydrogen (secondary N) is 1. The van der Waals surface area contributed by atoms with Gasteiger partial charge < -0.3 is 24.8 Å². The van der Waals surface area contributed by atoms with Gasteiger partial charge in [-0.25, -0.2) is 0 Å². The molecule has 2 aliphatic heterocycles. The monoisotopic (exact) mass is 498 g/mol. The molecule has 36 heavy (non-hydrogen) atoms. The Balaban J connectivity index is 0.00000241. The summed E-state index contributed by atoms with van der Waals surface area (Å²) < 4.78 is 11.4. The second kappa shape index (κ2) is 14.2. The average molecular weight is 499 g/mol. The van der Waals surface area contributed by atoms with Gasteiger partial charge in [0.25, 0.3) is 0 Å². The van der Waals surface area contributed by atoms with Crippen LogP contribution in [0.5, 0.6) is 11.5 Å². The van der Waals surface area contributed by atoms with Gasteiger partial charge >= 0.3 is 0 Å². The molecule has 0 radical (unpaired) electrons. The first-order chi connectivity index (χ1) is 17.1. The van der Waals surface area contributed by atoms with E-state index < -0.39 is 12.1 Å². The Labute approximate surface area is 218 Å². The van der Waals surface area contributed by atoms with Gasteiger partial charge in [0.05, 0.1) is 6.04 Å². The second-order valence-electron chi connectivity index (χ2n) is 9.84. The molecular weight excluding hydrogens is 452 g/mol. The summed E-state index contributed by atoms with van der Waals surface area (Å²) in [7, 11) is 0. The van der Waals surface area contributed by atoms with E-state index in [1.165, 1.54) is 24.8 Å². The summed E-state index contributed by atoms with van der Waals surface area (Å²) in [5, 5.41) is 14.5. The van der Waals surface area contributed by atoms with Gasteiger partial charge in [0.2, 0.25) is 5.91 Å². The Bertz CT molecular complexity index is 942. The minimum Gasteiger partial charge on any atom is -0.486 e. The number of aliphatic hydroxyl groups is 1. The molecular formula is C30H46N2O4. The Morgan fingerprint density at radius 1 is 1.08 bits per heavy atom. The zero-order valence-electron chi connectivity index (χ0n) is 21.0. The summed E-state index contributed by atoms with van der Waals surface area (Å²) in [5.41, 5.74) is 2.09. The third-order valence-electron chi connectivity index (χ3n) is 7.14. The van der Waals surface area contributed by atoms with E-state index in [2.05, 4.69) is 41.4 Å². The quantitative estimate of drug-likeness (QED) is 0.367. The van der Waals surface area contributed by atoms with Crippen molar-refractivity contribution in [3.05, 3.63) is 59.7 Å². The maximum Gasteiger partial charge on any atom is 0.220 e. The number of rotatable bonds is 12. The van der Waals surface area contributed by atoms with Crippen molar-refractivity contribution >= 4 is 5.91 Å². The van der Waals surface area contributed by atoms with E-state index in [0.717, 1.165) is 37.9 Å². The molecule has 0 aliphatic carbocycles. The normalized spacial score (nSPS) is 18.8. The van der Waals surface area contributed by atoms with E-state index in [0.29, 0.717) is 43.6 Å². The van der Waals surface area contributed by atoms with Crippen molar-refractivity contribution in [3.8, 4) is 11.5 Å². The highest BCUT2D eigenvalue weighted by atomic mass is 16.6. The van der Waals surface area contributed by atoms with Crippen LogP contribution in [-0.2, 0) is 4.79 Å². The Hall–Kier alpha value is -2.57. The molecule has 3 atom stereocenters. The first-order valence-corrected chi connectivity index (χ1v) is 13.3. The largest absolute Gasteiger partial charge is 0.486 e. The fraction of sp³-hybridized carbons (Fsp3) is 0.567. The second-order valence-corrected chi connectivity index (χ2v) is 9.84. The number of carbonyl (C=O) groups excluding carboxylic acids is 1. The van der Waals surface area contributed by atoms with Crippen molar-refractivity contribution in [2.24, 2.45) is 0 Å². The molecule has 2 N–H and O–H groups in total. The van der Waals surface area contributed by atoms with Crippen molar-refractivity contribution in [1.82, 2.24) is 10.2 Å². The molecule has 0 unspecified atom stereocenters. The number of carbonyl (C=O) groups is 1. The fourth-order valence-electron chi connectivity index (χ4n) is 5.14. The van der Waals surface area contributed by atoms with Gasteiger partial charge in [-0.15, -0.1) is 0 Å². The molecule has 4 rings (SSSR count). The zero-order valence-corrected chi connectivity index (χ0v) is 21.0. The Kier molecular flexibility index (Phi) is 11.1. The summed E-state index contributed by atoms with van der Waals surface area (Å²) in [6.07, 6.45) is 6.29. The topological polar surface area (TPSA) is 71.0 Å². The van der Waals surface area contributed by atoms with Crippen LogP contribution in [0.3, 0.4) is 0 Å². The summed E-state index contributed by atoms with van der Waals surface area (Å²) in [4.78, 5) is 15.2. The van der Waals surface area contributed by atoms with Crippen LogP contribution in [0.4, 0.5) is 0 Å². The van der Waals surface area contributed by atoms with Crippen LogP contribution < -0.4 is 14.8 Å². The smallest absolute Gasteiger partial charge is 0.220 e. The van der Waals surface area contributed by atoms with Crippen molar-refractivity contribution in [3.63, 3.8) is 0 Å². The van der Waals surface area contributed by atoms with Crippen LogP contribution in [0, 0.1) is 0 Å². The third kappa shape index (κ3) is 7.71. The molecule has 6 nitrogen and oxygen atoms in total. The number of benzene rings is 2. The van der Waals surface area contributed by atoms with Gasteiger partial charge in [-0.2, -0.15) is 0 Å².